The Morgan fingerprint density at radius 1 is 0.333 bits per heavy atom. The third-order valence-electron chi connectivity index (χ3n) is 12.0. The van der Waals surface area contributed by atoms with E-state index in [1.165, 1.54) is 75.1 Å². The second-order valence-electron chi connectivity index (χ2n) is 15.2. The summed E-state index contributed by atoms with van der Waals surface area (Å²) in [5.41, 5.74) is 9.70. The van der Waals surface area contributed by atoms with Crippen LogP contribution in [0.1, 0.15) is 0 Å². The topological polar surface area (TPSA) is 26.3 Å². The molecule has 0 N–H and O–H groups in total. The molecule has 0 bridgehead atoms. The minimum atomic E-state index is 0.900. The van der Waals surface area contributed by atoms with Gasteiger partial charge >= 0.3 is 0 Å². The van der Waals surface area contributed by atoms with E-state index < -0.39 is 0 Å². The van der Waals surface area contributed by atoms with Crippen LogP contribution in [0.5, 0.6) is 0 Å². The van der Waals surface area contributed by atoms with Gasteiger partial charge in [-0.2, -0.15) is 0 Å². The maximum atomic E-state index is 6.67. The molecular weight excluding hydrogens is 713 g/mol. The van der Waals surface area contributed by atoms with E-state index in [0.717, 1.165) is 54.6 Å². The van der Waals surface area contributed by atoms with E-state index in [1.807, 2.05) is 17.4 Å². The molecule has 0 unspecified atom stereocenters. The van der Waals surface area contributed by atoms with E-state index >= 15 is 0 Å². The summed E-state index contributed by atoms with van der Waals surface area (Å²) in [7, 11) is 0. The Morgan fingerprint density at radius 3 is 1.81 bits per heavy atom. The Labute approximate surface area is 330 Å². The average molecular weight is 743 g/mol. The highest BCUT2D eigenvalue weighted by atomic mass is 32.1. The minimum Gasteiger partial charge on any atom is -0.456 e. The molecule has 10 aromatic carbocycles. The smallest absolute Gasteiger partial charge is 0.143 e. The summed E-state index contributed by atoms with van der Waals surface area (Å²) >= 11 is 1.82. The van der Waals surface area contributed by atoms with E-state index in [2.05, 4.69) is 176 Å². The van der Waals surface area contributed by atoms with Gasteiger partial charge in [0.2, 0.25) is 0 Å². The van der Waals surface area contributed by atoms with E-state index in [-0.39, 0.29) is 0 Å². The fraction of sp³-hybridized carbons (Fsp3) is 0. The van der Waals surface area contributed by atoms with Crippen molar-refractivity contribution in [3.05, 3.63) is 182 Å². The lowest BCUT2D eigenvalue weighted by atomic mass is 9.84. The van der Waals surface area contributed by atoms with E-state index in [4.69, 9.17) is 8.83 Å². The number of furan rings is 2. The molecular formula is C54H30O2S. The van der Waals surface area contributed by atoms with Crippen LogP contribution in [0.3, 0.4) is 0 Å². The van der Waals surface area contributed by atoms with Gasteiger partial charge in [0.05, 0.1) is 0 Å². The number of para-hydroxylation sites is 1. The number of hydrogen-bond donors (Lipinski definition) is 0. The molecule has 0 aliphatic carbocycles. The lowest BCUT2D eigenvalue weighted by molar-refractivity contribution is 0.669. The van der Waals surface area contributed by atoms with Crippen LogP contribution in [0.2, 0.25) is 0 Å². The highest BCUT2D eigenvalue weighted by Gasteiger charge is 2.21. The maximum absolute atomic E-state index is 6.67. The molecule has 3 heterocycles. The highest BCUT2D eigenvalue weighted by molar-refractivity contribution is 7.22. The number of fused-ring (bicyclic) bond motifs is 12. The number of rotatable bonds is 3. The van der Waals surface area contributed by atoms with Crippen molar-refractivity contribution in [1.82, 2.24) is 0 Å². The summed E-state index contributed by atoms with van der Waals surface area (Å²) < 4.78 is 14.5. The van der Waals surface area contributed by atoms with Gasteiger partial charge in [-0.15, -0.1) is 11.3 Å². The molecule has 13 rings (SSSR count). The number of thiophene rings is 1. The zero-order valence-corrected chi connectivity index (χ0v) is 31.4. The van der Waals surface area contributed by atoms with Crippen LogP contribution in [0.15, 0.2) is 191 Å². The van der Waals surface area contributed by atoms with Gasteiger partial charge in [0.15, 0.2) is 0 Å². The SMILES string of the molecule is c1ccc2cc(-c3cc4cc5c(cc4s3)oc3ccc(-c4c6ccccc6c(-c6cccc7ccc8c9ccccc9oc8c67)c6ccccc46)cc35)ccc2c1. The van der Waals surface area contributed by atoms with Gasteiger partial charge in [-0.25, -0.2) is 0 Å². The van der Waals surface area contributed by atoms with Gasteiger partial charge in [0, 0.05) is 36.5 Å². The molecule has 57 heavy (non-hydrogen) atoms. The second kappa shape index (κ2) is 11.7. The van der Waals surface area contributed by atoms with E-state index in [0.29, 0.717) is 0 Å². The maximum Gasteiger partial charge on any atom is 0.143 e. The molecule has 0 radical (unpaired) electrons. The molecule has 0 atom stereocenters. The zero-order chi connectivity index (χ0) is 37.2. The molecule has 0 spiro atoms. The van der Waals surface area contributed by atoms with Gasteiger partial charge in [0.1, 0.15) is 22.3 Å². The molecule has 0 aliphatic rings. The van der Waals surface area contributed by atoms with Gasteiger partial charge < -0.3 is 8.83 Å². The van der Waals surface area contributed by atoms with Crippen LogP contribution < -0.4 is 0 Å². The number of benzene rings is 10. The molecule has 0 fully saturated rings. The standard InChI is InChI=1S/C54H30O2S/c1-2-11-33-26-34(21-20-31(33)10-1)49-29-36-28-45-44-27-35(23-25-47(44)55-48(45)30-50(36)57-49)51-38-14-3-5-16-40(38)53(41-17-6-4-15-39(41)51)43-18-9-12-32-22-24-42-37-13-7-8-19-46(37)56-54(42)52(32)43/h1-30H. The Balaban J connectivity index is 1.03. The molecule has 3 heteroatoms. The van der Waals surface area contributed by atoms with Crippen molar-refractivity contribution < 1.29 is 8.83 Å². The van der Waals surface area contributed by atoms with Crippen LogP contribution in [-0.2, 0) is 0 Å². The lowest BCUT2D eigenvalue weighted by Gasteiger charge is -2.19. The Kier molecular flexibility index (Phi) is 6.35. The molecule has 0 saturated carbocycles. The quantitative estimate of drug-likeness (QED) is 0.169. The van der Waals surface area contributed by atoms with Crippen molar-refractivity contribution in [2.75, 3.05) is 0 Å². The van der Waals surface area contributed by atoms with E-state index in [1.54, 1.807) is 0 Å². The number of hydrogen-bond acceptors (Lipinski definition) is 3. The monoisotopic (exact) mass is 742 g/mol. The molecule has 13 aromatic rings. The molecule has 0 saturated heterocycles. The molecule has 2 nitrogen and oxygen atoms in total. The predicted molar refractivity (Wildman–Crippen MR) is 243 cm³/mol. The van der Waals surface area contributed by atoms with Crippen molar-refractivity contribution in [3.63, 3.8) is 0 Å². The van der Waals surface area contributed by atoms with Crippen molar-refractivity contribution in [3.8, 4) is 32.7 Å². The summed E-state index contributed by atoms with van der Waals surface area (Å²) in [4.78, 5) is 1.26. The Morgan fingerprint density at radius 2 is 0.982 bits per heavy atom. The fourth-order valence-electron chi connectivity index (χ4n) is 9.44. The van der Waals surface area contributed by atoms with Gasteiger partial charge in [0.25, 0.3) is 0 Å². The first kappa shape index (κ1) is 31.1. The van der Waals surface area contributed by atoms with Gasteiger partial charge in [-0.3, -0.25) is 0 Å². The first-order chi connectivity index (χ1) is 28.2. The van der Waals surface area contributed by atoms with Crippen LogP contribution in [0.4, 0.5) is 0 Å². The molecule has 0 amide bonds. The summed E-state index contributed by atoms with van der Waals surface area (Å²) in [6.07, 6.45) is 0. The predicted octanol–water partition coefficient (Wildman–Crippen LogP) is 16.3. The zero-order valence-electron chi connectivity index (χ0n) is 30.5. The lowest BCUT2D eigenvalue weighted by Crippen LogP contribution is -1.91. The normalized spacial score (nSPS) is 12.2. The third kappa shape index (κ3) is 4.52. The molecule has 3 aromatic heterocycles. The Hall–Kier alpha value is -7.20. The van der Waals surface area contributed by atoms with Crippen molar-refractivity contribution in [2.45, 2.75) is 0 Å². The van der Waals surface area contributed by atoms with Crippen molar-refractivity contribution >= 4 is 108 Å². The van der Waals surface area contributed by atoms with Crippen LogP contribution in [-0.4, -0.2) is 0 Å². The van der Waals surface area contributed by atoms with Crippen LogP contribution >= 0.6 is 11.3 Å². The average Bonchev–Trinajstić information content (AvgIpc) is 3.97. The Bertz CT molecular complexity index is 3760. The second-order valence-corrected chi connectivity index (χ2v) is 16.2. The summed E-state index contributed by atoms with van der Waals surface area (Å²) in [5, 5.41) is 15.5. The van der Waals surface area contributed by atoms with Crippen molar-refractivity contribution in [1.29, 1.82) is 0 Å². The summed E-state index contributed by atoms with van der Waals surface area (Å²) in [6, 6.07) is 66.1. The molecule has 264 valence electrons. The van der Waals surface area contributed by atoms with Crippen LogP contribution in [0.25, 0.3) is 130 Å². The van der Waals surface area contributed by atoms with Gasteiger partial charge in [-0.1, -0.05) is 133 Å². The first-order valence-electron chi connectivity index (χ1n) is 19.4. The largest absolute Gasteiger partial charge is 0.456 e. The first-order valence-corrected chi connectivity index (χ1v) is 20.2. The minimum absolute atomic E-state index is 0.900. The van der Waals surface area contributed by atoms with Crippen LogP contribution in [0, 0.1) is 0 Å². The highest BCUT2D eigenvalue weighted by Crippen LogP contribution is 2.48. The summed E-state index contributed by atoms with van der Waals surface area (Å²) in [6.45, 7) is 0. The van der Waals surface area contributed by atoms with Crippen molar-refractivity contribution in [2.24, 2.45) is 0 Å². The van der Waals surface area contributed by atoms with Gasteiger partial charge in [-0.05, 0) is 119 Å². The van der Waals surface area contributed by atoms with E-state index in [9.17, 15) is 0 Å². The summed E-state index contributed by atoms with van der Waals surface area (Å²) in [5.74, 6) is 0. The molecule has 0 aliphatic heterocycles. The third-order valence-corrected chi connectivity index (χ3v) is 13.2. The fourth-order valence-corrected chi connectivity index (χ4v) is 10.5.